The summed E-state index contributed by atoms with van der Waals surface area (Å²) in [5.74, 6) is 0.318. The molecule has 0 aliphatic carbocycles. The fourth-order valence-corrected chi connectivity index (χ4v) is 3.42. The summed E-state index contributed by atoms with van der Waals surface area (Å²) in [6.07, 6.45) is 1.63. The molecule has 3 aromatic carbocycles. The molecule has 1 N–H and O–H groups in total. The molecule has 5 heteroatoms. The van der Waals surface area contributed by atoms with E-state index in [-0.39, 0.29) is 0 Å². The van der Waals surface area contributed by atoms with Crippen LogP contribution in [0.5, 0.6) is 0 Å². The molecule has 0 fully saturated rings. The Labute approximate surface area is 155 Å². The van der Waals surface area contributed by atoms with Crippen LogP contribution in [-0.2, 0) is 5.60 Å². The minimum atomic E-state index is -1.46. The topological polar surface area (TPSA) is 63.3 Å². The predicted octanol–water partition coefficient (Wildman–Crippen LogP) is 3.56. The van der Waals surface area contributed by atoms with Gasteiger partial charge in [0.05, 0.1) is 5.52 Å². The van der Waals surface area contributed by atoms with Crippen LogP contribution in [0.2, 0.25) is 0 Å². The molecular weight excluding hydrogens is 336 g/mol. The van der Waals surface area contributed by atoms with E-state index < -0.39 is 5.60 Å². The molecule has 0 amide bonds. The minimum absolute atomic E-state index is 0.318. The molecular formula is C22H16N4O. The van der Waals surface area contributed by atoms with Crippen LogP contribution in [0.4, 0.5) is 0 Å². The number of para-hydroxylation sites is 1. The molecule has 0 bridgehead atoms. The van der Waals surface area contributed by atoms with Gasteiger partial charge in [0.25, 0.3) is 0 Å². The van der Waals surface area contributed by atoms with Crippen molar-refractivity contribution in [2.45, 2.75) is 5.60 Å². The molecule has 0 saturated heterocycles. The summed E-state index contributed by atoms with van der Waals surface area (Å²) < 4.78 is 1.62. The van der Waals surface area contributed by atoms with E-state index in [9.17, 15) is 5.11 Å². The summed E-state index contributed by atoms with van der Waals surface area (Å²) in [4.78, 5) is 9.16. The molecule has 0 saturated carbocycles. The fraction of sp³-hybridized carbons (Fsp3) is 0.0455. The highest BCUT2D eigenvalue weighted by Crippen LogP contribution is 2.35. The number of hydrogen-bond donors (Lipinski definition) is 1. The van der Waals surface area contributed by atoms with Crippen molar-refractivity contribution in [2.24, 2.45) is 0 Å². The normalized spacial score (nSPS) is 11.9. The maximum Gasteiger partial charge on any atom is 0.192 e. The first-order valence-electron chi connectivity index (χ1n) is 8.71. The maximum absolute atomic E-state index is 11.8. The van der Waals surface area contributed by atoms with Crippen LogP contribution >= 0.6 is 0 Å². The third kappa shape index (κ3) is 2.40. The molecule has 0 aliphatic rings. The molecule has 0 unspecified atom stereocenters. The van der Waals surface area contributed by atoms with Crippen molar-refractivity contribution in [3.05, 3.63) is 108 Å². The Bertz CT molecular complexity index is 1190. The van der Waals surface area contributed by atoms with Gasteiger partial charge in [-0.05, 0) is 23.3 Å². The second-order valence-corrected chi connectivity index (χ2v) is 6.41. The van der Waals surface area contributed by atoms with Crippen molar-refractivity contribution in [2.75, 3.05) is 0 Å². The highest BCUT2D eigenvalue weighted by molar-refractivity contribution is 5.90. The van der Waals surface area contributed by atoms with Crippen LogP contribution in [0.15, 0.2) is 91.3 Å². The van der Waals surface area contributed by atoms with Gasteiger partial charge >= 0.3 is 0 Å². The Hall–Kier alpha value is -3.57. The number of benzene rings is 3. The molecule has 0 spiro atoms. The second-order valence-electron chi connectivity index (χ2n) is 6.41. The van der Waals surface area contributed by atoms with Gasteiger partial charge in [0, 0.05) is 5.39 Å². The van der Waals surface area contributed by atoms with Gasteiger partial charge in [-0.15, -0.1) is 5.10 Å². The minimum Gasteiger partial charge on any atom is -0.373 e. The molecule has 5 aromatic rings. The van der Waals surface area contributed by atoms with Crippen molar-refractivity contribution in [1.82, 2.24) is 19.6 Å². The highest BCUT2D eigenvalue weighted by atomic mass is 16.3. The average molecular weight is 352 g/mol. The van der Waals surface area contributed by atoms with E-state index in [2.05, 4.69) is 10.1 Å². The summed E-state index contributed by atoms with van der Waals surface area (Å²) in [5, 5.41) is 17.3. The molecule has 130 valence electrons. The summed E-state index contributed by atoms with van der Waals surface area (Å²) in [7, 11) is 0. The van der Waals surface area contributed by atoms with Crippen molar-refractivity contribution in [3.8, 4) is 0 Å². The number of nitrogens with zero attached hydrogens (tertiary/aromatic N) is 4. The number of hydrogen-bond acceptors (Lipinski definition) is 4. The zero-order chi connectivity index (χ0) is 18.3. The lowest BCUT2D eigenvalue weighted by Gasteiger charge is -2.26. The summed E-state index contributed by atoms with van der Waals surface area (Å²) in [6, 6.07) is 26.7. The van der Waals surface area contributed by atoms with E-state index >= 15 is 0 Å². The molecule has 0 radical (unpaired) electrons. The van der Waals surface area contributed by atoms with Gasteiger partial charge in [-0.1, -0.05) is 72.8 Å². The largest absolute Gasteiger partial charge is 0.373 e. The SMILES string of the molecule is OC(c1ccccc1)(c1ccccc1)c1nc2c3ccccc3ncn2n1. The number of aromatic nitrogens is 4. The van der Waals surface area contributed by atoms with Gasteiger partial charge in [-0.3, -0.25) is 0 Å². The lowest BCUT2D eigenvalue weighted by atomic mass is 9.85. The van der Waals surface area contributed by atoms with Gasteiger partial charge in [0.15, 0.2) is 17.1 Å². The van der Waals surface area contributed by atoms with Crippen LogP contribution in [0.1, 0.15) is 17.0 Å². The first-order valence-corrected chi connectivity index (χ1v) is 8.71. The van der Waals surface area contributed by atoms with Crippen LogP contribution in [0.25, 0.3) is 16.6 Å². The molecule has 2 aromatic heterocycles. The Morgan fingerprint density at radius 3 is 2.00 bits per heavy atom. The van der Waals surface area contributed by atoms with Gasteiger partial charge in [0.1, 0.15) is 6.33 Å². The van der Waals surface area contributed by atoms with Gasteiger partial charge in [0.2, 0.25) is 0 Å². The van der Waals surface area contributed by atoms with Crippen molar-refractivity contribution >= 4 is 16.6 Å². The second kappa shape index (κ2) is 6.00. The zero-order valence-electron chi connectivity index (χ0n) is 14.4. The van der Waals surface area contributed by atoms with Crippen molar-refractivity contribution < 1.29 is 5.11 Å². The zero-order valence-corrected chi connectivity index (χ0v) is 14.4. The summed E-state index contributed by atoms with van der Waals surface area (Å²) >= 11 is 0. The molecule has 0 atom stereocenters. The lowest BCUT2D eigenvalue weighted by Crippen LogP contribution is -2.30. The quantitative estimate of drug-likeness (QED) is 0.539. The van der Waals surface area contributed by atoms with Crippen LogP contribution in [0.3, 0.4) is 0 Å². The first kappa shape index (κ1) is 15.7. The Morgan fingerprint density at radius 2 is 1.33 bits per heavy atom. The third-order valence-corrected chi connectivity index (χ3v) is 4.79. The van der Waals surface area contributed by atoms with Gasteiger partial charge in [-0.2, -0.15) is 0 Å². The van der Waals surface area contributed by atoms with Crippen LogP contribution < -0.4 is 0 Å². The highest BCUT2D eigenvalue weighted by Gasteiger charge is 2.38. The average Bonchev–Trinajstić information content (AvgIpc) is 3.20. The van der Waals surface area contributed by atoms with E-state index in [1.54, 1.807) is 10.8 Å². The third-order valence-electron chi connectivity index (χ3n) is 4.79. The molecule has 2 heterocycles. The Kier molecular flexibility index (Phi) is 3.48. The van der Waals surface area contributed by atoms with E-state index in [0.29, 0.717) is 22.6 Å². The van der Waals surface area contributed by atoms with E-state index in [4.69, 9.17) is 4.98 Å². The Balaban J connectivity index is 1.81. The smallest absolute Gasteiger partial charge is 0.192 e. The van der Waals surface area contributed by atoms with Crippen LogP contribution in [-0.4, -0.2) is 24.7 Å². The van der Waals surface area contributed by atoms with Crippen molar-refractivity contribution in [3.63, 3.8) is 0 Å². The van der Waals surface area contributed by atoms with E-state index in [1.807, 2.05) is 84.9 Å². The number of aliphatic hydroxyl groups is 1. The van der Waals surface area contributed by atoms with Gasteiger partial charge in [-0.25, -0.2) is 14.5 Å². The van der Waals surface area contributed by atoms with Crippen molar-refractivity contribution in [1.29, 1.82) is 0 Å². The Morgan fingerprint density at radius 1 is 0.741 bits per heavy atom. The fourth-order valence-electron chi connectivity index (χ4n) is 3.42. The van der Waals surface area contributed by atoms with Gasteiger partial charge < -0.3 is 5.11 Å². The lowest BCUT2D eigenvalue weighted by molar-refractivity contribution is 0.116. The monoisotopic (exact) mass is 352 g/mol. The molecule has 5 nitrogen and oxygen atoms in total. The maximum atomic E-state index is 11.8. The number of rotatable bonds is 3. The standard InChI is InChI=1S/C22H16N4O/c27-22(16-9-3-1-4-10-16,17-11-5-2-6-12-17)21-24-20-18-13-7-8-14-19(18)23-15-26(20)25-21/h1-15,27H. The molecule has 0 aliphatic heterocycles. The first-order chi connectivity index (χ1) is 13.3. The summed E-state index contributed by atoms with van der Waals surface area (Å²) in [5.41, 5.74) is 1.47. The van der Waals surface area contributed by atoms with E-state index in [1.165, 1.54) is 0 Å². The molecule has 27 heavy (non-hydrogen) atoms. The van der Waals surface area contributed by atoms with Crippen LogP contribution in [0, 0.1) is 0 Å². The number of fused-ring (bicyclic) bond motifs is 3. The molecule has 5 rings (SSSR count). The van der Waals surface area contributed by atoms with E-state index in [0.717, 1.165) is 10.9 Å². The predicted molar refractivity (Wildman–Crippen MR) is 103 cm³/mol. The summed E-state index contributed by atoms with van der Waals surface area (Å²) in [6.45, 7) is 0.